The third-order valence-corrected chi connectivity index (χ3v) is 6.09. The van der Waals surface area contributed by atoms with Gasteiger partial charge in [-0.25, -0.2) is 0 Å². The van der Waals surface area contributed by atoms with Crippen LogP contribution in [0.3, 0.4) is 0 Å². The summed E-state index contributed by atoms with van der Waals surface area (Å²) < 4.78 is 12.4. The molecule has 0 unspecified atom stereocenters. The summed E-state index contributed by atoms with van der Waals surface area (Å²) >= 11 is 0. The molecule has 3 aromatic rings. The van der Waals surface area contributed by atoms with Crippen LogP contribution in [0.4, 0.5) is 5.69 Å². The third-order valence-electron chi connectivity index (χ3n) is 6.09. The van der Waals surface area contributed by atoms with E-state index < -0.39 is 10.7 Å². The quantitative estimate of drug-likeness (QED) is 0.440. The van der Waals surface area contributed by atoms with E-state index in [2.05, 4.69) is 0 Å². The summed E-state index contributed by atoms with van der Waals surface area (Å²) in [5.41, 5.74) is 3.54. The fraction of sp³-hybridized carbons (Fsp3) is 0.240. The Morgan fingerprint density at radius 2 is 1.62 bits per heavy atom. The maximum absolute atomic E-state index is 12.7. The van der Waals surface area contributed by atoms with Crippen molar-refractivity contribution in [2.75, 3.05) is 13.1 Å². The molecule has 1 saturated heterocycles. The van der Waals surface area contributed by atoms with Crippen molar-refractivity contribution < 1.29 is 19.2 Å². The van der Waals surface area contributed by atoms with E-state index in [0.29, 0.717) is 38.1 Å². The molecule has 0 aromatic heterocycles. The molecule has 0 atom stereocenters. The average molecular weight is 430 g/mol. The minimum Gasteiger partial charge on any atom is -0.462 e. The first-order valence-corrected chi connectivity index (χ1v) is 10.6. The molecule has 2 heterocycles. The number of ether oxygens (including phenoxy) is 2. The molecule has 3 aromatic carbocycles. The number of non-ortho nitro benzene ring substituents is 1. The number of hydrogen-bond donors (Lipinski definition) is 0. The van der Waals surface area contributed by atoms with Gasteiger partial charge in [0, 0.05) is 49.2 Å². The Balaban J connectivity index is 1.27. The van der Waals surface area contributed by atoms with Gasteiger partial charge in [-0.1, -0.05) is 24.3 Å². The van der Waals surface area contributed by atoms with Crippen LogP contribution in [0.25, 0.3) is 11.1 Å². The second-order valence-electron chi connectivity index (χ2n) is 8.09. The molecule has 0 saturated carbocycles. The minimum atomic E-state index is -0.713. The highest BCUT2D eigenvalue weighted by Gasteiger charge is 2.42. The summed E-state index contributed by atoms with van der Waals surface area (Å²) in [5.74, 6) is 0.101. The van der Waals surface area contributed by atoms with Gasteiger partial charge >= 0.3 is 0 Å². The molecule has 2 aliphatic heterocycles. The molecule has 1 fully saturated rings. The van der Waals surface area contributed by atoms with Crippen molar-refractivity contribution in [2.45, 2.75) is 25.2 Å². The molecule has 7 nitrogen and oxygen atoms in total. The summed E-state index contributed by atoms with van der Waals surface area (Å²) in [5, 5.41) is 10.9. The lowest BCUT2D eigenvalue weighted by Gasteiger charge is -2.44. The highest BCUT2D eigenvalue weighted by atomic mass is 16.7. The molecule has 2 aliphatic rings. The molecule has 162 valence electrons. The summed E-state index contributed by atoms with van der Waals surface area (Å²) in [4.78, 5) is 25.0. The minimum absolute atomic E-state index is 0.0319. The molecule has 32 heavy (non-hydrogen) atoms. The van der Waals surface area contributed by atoms with Gasteiger partial charge in [-0.3, -0.25) is 14.9 Å². The van der Waals surface area contributed by atoms with Crippen molar-refractivity contribution in [1.82, 2.24) is 4.90 Å². The van der Waals surface area contributed by atoms with Crippen LogP contribution in [0.1, 0.15) is 28.8 Å². The number of benzene rings is 3. The molecule has 0 aliphatic carbocycles. The number of amides is 1. The summed E-state index contributed by atoms with van der Waals surface area (Å²) in [7, 11) is 0. The molecular formula is C25H22N2O5. The van der Waals surface area contributed by atoms with Crippen molar-refractivity contribution in [3.8, 4) is 16.9 Å². The van der Waals surface area contributed by atoms with E-state index in [9.17, 15) is 14.9 Å². The number of carbonyl (C=O) groups is 1. The predicted octanol–water partition coefficient (Wildman–Crippen LogP) is 4.80. The normalized spacial score (nSPS) is 16.8. The lowest BCUT2D eigenvalue weighted by Crippen LogP contribution is -2.52. The Morgan fingerprint density at radius 3 is 2.31 bits per heavy atom. The number of nitro benzene ring substituents is 1. The van der Waals surface area contributed by atoms with E-state index in [0.717, 1.165) is 22.4 Å². The smallest absolute Gasteiger partial charge is 0.269 e. The van der Waals surface area contributed by atoms with E-state index in [1.54, 1.807) is 12.1 Å². The van der Waals surface area contributed by atoms with Crippen LogP contribution in [0.5, 0.6) is 5.75 Å². The van der Waals surface area contributed by atoms with Crippen LogP contribution in [-0.4, -0.2) is 34.6 Å². The van der Waals surface area contributed by atoms with Gasteiger partial charge in [0.2, 0.25) is 5.79 Å². The van der Waals surface area contributed by atoms with Gasteiger partial charge < -0.3 is 14.4 Å². The van der Waals surface area contributed by atoms with Gasteiger partial charge in [0.15, 0.2) is 0 Å². The molecule has 1 spiro atoms. The number of carbonyl (C=O) groups excluding carboxylic acids is 1. The Hall–Kier alpha value is -3.71. The topological polar surface area (TPSA) is 81.9 Å². The zero-order chi connectivity index (χ0) is 22.1. The zero-order valence-electron chi connectivity index (χ0n) is 17.4. The van der Waals surface area contributed by atoms with E-state index in [-0.39, 0.29) is 11.6 Å². The van der Waals surface area contributed by atoms with Crippen molar-refractivity contribution in [3.05, 3.63) is 94.0 Å². The molecular weight excluding hydrogens is 408 g/mol. The highest BCUT2D eigenvalue weighted by molar-refractivity contribution is 5.94. The SMILES string of the molecule is O=C(c1ccccc1)N1CCC2(CC1)OCc1cc(-c3ccc([N+](=O)[O-])cc3)ccc1O2. The average Bonchev–Trinajstić information content (AvgIpc) is 2.84. The molecule has 5 rings (SSSR count). The van der Waals surface area contributed by atoms with Gasteiger partial charge in [-0.15, -0.1) is 0 Å². The third kappa shape index (κ3) is 3.83. The second kappa shape index (κ2) is 8.09. The number of likely N-dealkylation sites (tertiary alicyclic amines) is 1. The lowest BCUT2D eigenvalue weighted by molar-refractivity contribution is -0.384. The van der Waals surface area contributed by atoms with Gasteiger partial charge in [-0.2, -0.15) is 0 Å². The predicted molar refractivity (Wildman–Crippen MR) is 118 cm³/mol. The van der Waals surface area contributed by atoms with Crippen LogP contribution >= 0.6 is 0 Å². The van der Waals surface area contributed by atoms with Crippen LogP contribution in [0.15, 0.2) is 72.8 Å². The number of hydrogen-bond acceptors (Lipinski definition) is 5. The van der Waals surface area contributed by atoms with Gasteiger partial charge in [0.05, 0.1) is 11.5 Å². The monoisotopic (exact) mass is 430 g/mol. The molecule has 0 N–H and O–H groups in total. The van der Waals surface area contributed by atoms with E-state index in [1.807, 2.05) is 53.4 Å². The van der Waals surface area contributed by atoms with Crippen molar-refractivity contribution in [3.63, 3.8) is 0 Å². The van der Waals surface area contributed by atoms with Crippen LogP contribution in [0.2, 0.25) is 0 Å². The van der Waals surface area contributed by atoms with E-state index >= 15 is 0 Å². The first kappa shape index (κ1) is 20.2. The Kier molecular flexibility index (Phi) is 5.11. The fourth-order valence-corrected chi connectivity index (χ4v) is 4.25. The second-order valence-corrected chi connectivity index (χ2v) is 8.09. The number of rotatable bonds is 3. The Morgan fingerprint density at radius 1 is 0.938 bits per heavy atom. The maximum atomic E-state index is 12.7. The van der Waals surface area contributed by atoms with E-state index in [1.165, 1.54) is 12.1 Å². The number of piperidine rings is 1. The van der Waals surface area contributed by atoms with Crippen molar-refractivity contribution in [1.29, 1.82) is 0 Å². The Labute approximate surface area is 185 Å². The van der Waals surface area contributed by atoms with Gasteiger partial charge in [0.25, 0.3) is 11.6 Å². The van der Waals surface area contributed by atoms with Gasteiger partial charge in [0.1, 0.15) is 5.75 Å². The first-order chi connectivity index (χ1) is 15.5. The summed E-state index contributed by atoms with van der Waals surface area (Å²) in [6.45, 7) is 1.57. The first-order valence-electron chi connectivity index (χ1n) is 10.6. The summed E-state index contributed by atoms with van der Waals surface area (Å²) in [6, 6.07) is 21.7. The van der Waals surface area contributed by atoms with E-state index in [4.69, 9.17) is 9.47 Å². The molecule has 1 amide bonds. The lowest BCUT2D eigenvalue weighted by atomic mass is 9.98. The summed E-state index contributed by atoms with van der Waals surface area (Å²) in [6.07, 6.45) is 1.21. The Bertz CT molecular complexity index is 1150. The van der Waals surface area contributed by atoms with Crippen LogP contribution < -0.4 is 4.74 Å². The fourth-order valence-electron chi connectivity index (χ4n) is 4.25. The highest BCUT2D eigenvalue weighted by Crippen LogP contribution is 2.39. The number of fused-ring (bicyclic) bond motifs is 1. The molecule has 0 radical (unpaired) electrons. The van der Waals surface area contributed by atoms with Crippen molar-refractivity contribution >= 4 is 11.6 Å². The van der Waals surface area contributed by atoms with Gasteiger partial charge in [-0.05, 0) is 47.5 Å². The van der Waals surface area contributed by atoms with Crippen LogP contribution in [-0.2, 0) is 11.3 Å². The standard InChI is InChI=1S/C25H22N2O5/c28-24(19-4-2-1-3-5-19)26-14-12-25(13-15-26)31-17-21-16-20(8-11-23(21)32-25)18-6-9-22(10-7-18)27(29)30/h1-11,16H,12-15,17H2. The zero-order valence-corrected chi connectivity index (χ0v) is 17.4. The molecule has 7 heteroatoms. The number of nitrogens with zero attached hydrogens (tertiary/aromatic N) is 2. The number of nitro groups is 1. The largest absolute Gasteiger partial charge is 0.462 e. The molecule has 0 bridgehead atoms. The van der Waals surface area contributed by atoms with Crippen LogP contribution in [0, 0.1) is 10.1 Å². The maximum Gasteiger partial charge on any atom is 0.269 e. The van der Waals surface area contributed by atoms with Crippen molar-refractivity contribution in [2.24, 2.45) is 0 Å².